The first-order chi connectivity index (χ1) is 18.7. The first-order valence-corrected chi connectivity index (χ1v) is 12.8. The van der Waals surface area contributed by atoms with Gasteiger partial charge in [-0.1, -0.05) is 11.6 Å². The molecular formula is C27H23ClN8O2. The summed E-state index contributed by atoms with van der Waals surface area (Å²) in [5, 5.41) is 12.6. The molecule has 11 heteroatoms. The van der Waals surface area contributed by atoms with Crippen LogP contribution in [0.1, 0.15) is 18.9 Å². The fraction of sp³-hybridized carbons (Fsp3) is 0.185. The summed E-state index contributed by atoms with van der Waals surface area (Å²) in [6, 6.07) is 15.6. The van der Waals surface area contributed by atoms with Crippen LogP contribution in [-0.4, -0.2) is 42.8 Å². The Morgan fingerprint density at radius 1 is 1.05 bits per heavy atom. The van der Waals surface area contributed by atoms with Crippen LogP contribution in [0, 0.1) is 0 Å². The number of piperidine rings is 1. The molecule has 0 saturated carbocycles. The normalized spacial score (nSPS) is 14.3. The second-order valence-corrected chi connectivity index (χ2v) is 9.63. The molecule has 0 radical (unpaired) electrons. The maximum absolute atomic E-state index is 6.17. The highest BCUT2D eigenvalue weighted by atomic mass is 35.5. The summed E-state index contributed by atoms with van der Waals surface area (Å²) in [5.41, 5.74) is 4.72. The highest BCUT2D eigenvalue weighted by Crippen LogP contribution is 2.33. The van der Waals surface area contributed by atoms with Crippen LogP contribution in [0.4, 0.5) is 11.7 Å². The maximum atomic E-state index is 6.17. The summed E-state index contributed by atoms with van der Waals surface area (Å²) >= 11 is 5.96. The summed E-state index contributed by atoms with van der Waals surface area (Å²) in [7, 11) is 0. The van der Waals surface area contributed by atoms with Crippen LogP contribution < -0.4 is 15.4 Å². The molecule has 7 rings (SSSR count). The molecule has 1 aliphatic heterocycles. The molecular weight excluding hydrogens is 504 g/mol. The number of benzene rings is 2. The standard InChI is InChI=1S/C27H23ClN8O2/c28-17-1-3-18(4-2-17)33-27-35-23-11-20(5-6-24(23)38-27)37-26-21-12-22(34-25(21)30-15-31-26)16-13-32-36(14-16)19-7-9-29-10-8-19/h1-6,11-15,19,29H,7-10H2,(H,33,35)(H,30,31,34). The Balaban J connectivity index is 1.13. The van der Waals surface area contributed by atoms with Gasteiger partial charge in [0.25, 0.3) is 6.01 Å². The van der Waals surface area contributed by atoms with E-state index in [-0.39, 0.29) is 0 Å². The van der Waals surface area contributed by atoms with E-state index >= 15 is 0 Å². The van der Waals surface area contributed by atoms with Gasteiger partial charge in [-0.25, -0.2) is 9.97 Å². The fourth-order valence-corrected chi connectivity index (χ4v) is 4.82. The molecule has 1 saturated heterocycles. The highest BCUT2D eigenvalue weighted by molar-refractivity contribution is 6.30. The minimum Gasteiger partial charge on any atom is -0.438 e. The monoisotopic (exact) mass is 526 g/mol. The third-order valence-corrected chi connectivity index (χ3v) is 6.91. The molecule has 6 aromatic rings. The second kappa shape index (κ2) is 9.47. The molecule has 5 heterocycles. The summed E-state index contributed by atoms with van der Waals surface area (Å²) < 4.78 is 14.1. The third kappa shape index (κ3) is 4.44. The molecule has 2 aromatic carbocycles. The van der Waals surface area contributed by atoms with Gasteiger partial charge < -0.3 is 24.8 Å². The van der Waals surface area contributed by atoms with Crippen molar-refractivity contribution in [2.24, 2.45) is 0 Å². The Labute approximate surface area is 222 Å². The number of hydrogen-bond donors (Lipinski definition) is 3. The van der Waals surface area contributed by atoms with Gasteiger partial charge in [0.2, 0.25) is 5.88 Å². The van der Waals surface area contributed by atoms with Gasteiger partial charge in [0, 0.05) is 28.5 Å². The van der Waals surface area contributed by atoms with Crippen molar-refractivity contribution in [3.63, 3.8) is 0 Å². The van der Waals surface area contributed by atoms with Crippen LogP contribution in [0.2, 0.25) is 5.02 Å². The van der Waals surface area contributed by atoms with Crippen molar-refractivity contribution in [2.75, 3.05) is 18.4 Å². The van der Waals surface area contributed by atoms with Gasteiger partial charge in [-0.05, 0) is 68.4 Å². The first kappa shape index (κ1) is 22.8. The number of aromatic amines is 1. The lowest BCUT2D eigenvalue weighted by molar-refractivity contribution is 0.343. The van der Waals surface area contributed by atoms with E-state index in [0.29, 0.717) is 45.5 Å². The lowest BCUT2D eigenvalue weighted by Gasteiger charge is -2.22. The van der Waals surface area contributed by atoms with E-state index in [4.69, 9.17) is 20.8 Å². The SMILES string of the molecule is Clc1ccc(Nc2nc3cc(Oc4ncnc5[nH]c(-c6cnn(C7CCNCC7)c6)cc45)ccc3o2)cc1. The molecule has 0 spiro atoms. The van der Waals surface area contributed by atoms with Gasteiger partial charge in [-0.2, -0.15) is 10.1 Å². The number of oxazole rings is 1. The van der Waals surface area contributed by atoms with E-state index in [1.807, 2.05) is 42.6 Å². The number of aromatic nitrogens is 6. The average Bonchev–Trinajstić information content (AvgIpc) is 3.68. The van der Waals surface area contributed by atoms with Gasteiger partial charge in [0.05, 0.1) is 23.3 Å². The third-order valence-electron chi connectivity index (χ3n) is 6.65. The molecule has 3 N–H and O–H groups in total. The fourth-order valence-electron chi connectivity index (χ4n) is 4.69. The zero-order valence-corrected chi connectivity index (χ0v) is 20.9. The van der Waals surface area contributed by atoms with Crippen molar-refractivity contribution in [2.45, 2.75) is 18.9 Å². The Morgan fingerprint density at radius 2 is 1.92 bits per heavy atom. The number of nitrogens with zero attached hydrogens (tertiary/aromatic N) is 5. The zero-order chi connectivity index (χ0) is 25.5. The van der Waals surface area contributed by atoms with Gasteiger partial charge in [-0.15, -0.1) is 0 Å². The Hall–Kier alpha value is -4.41. The number of halogens is 1. The summed E-state index contributed by atoms with van der Waals surface area (Å²) in [6.07, 6.45) is 7.61. The van der Waals surface area contributed by atoms with Crippen LogP contribution in [0.3, 0.4) is 0 Å². The number of nitrogens with one attached hydrogen (secondary N) is 3. The largest absolute Gasteiger partial charge is 0.438 e. The van der Waals surface area contributed by atoms with Crippen molar-refractivity contribution in [1.82, 2.24) is 35.0 Å². The maximum Gasteiger partial charge on any atom is 0.300 e. The highest BCUT2D eigenvalue weighted by Gasteiger charge is 2.18. The molecule has 190 valence electrons. The van der Waals surface area contributed by atoms with E-state index in [9.17, 15) is 0 Å². The second-order valence-electron chi connectivity index (χ2n) is 9.20. The summed E-state index contributed by atoms with van der Waals surface area (Å²) in [5.74, 6) is 1.04. The minimum atomic E-state index is 0.379. The topological polar surface area (TPSA) is 119 Å². The number of fused-ring (bicyclic) bond motifs is 2. The summed E-state index contributed by atoms with van der Waals surface area (Å²) in [6.45, 7) is 2.03. The molecule has 0 unspecified atom stereocenters. The average molecular weight is 527 g/mol. The lowest BCUT2D eigenvalue weighted by Crippen LogP contribution is -2.29. The van der Waals surface area contributed by atoms with Crippen LogP contribution in [0.15, 0.2) is 71.7 Å². The number of ether oxygens (including phenoxy) is 1. The minimum absolute atomic E-state index is 0.379. The van der Waals surface area contributed by atoms with E-state index in [1.165, 1.54) is 6.33 Å². The number of rotatable bonds is 6. The number of anilines is 2. The van der Waals surface area contributed by atoms with Gasteiger partial charge in [-0.3, -0.25) is 4.68 Å². The molecule has 38 heavy (non-hydrogen) atoms. The molecule has 0 atom stereocenters. The predicted molar refractivity (Wildman–Crippen MR) is 145 cm³/mol. The Bertz CT molecular complexity index is 1730. The molecule has 0 amide bonds. The zero-order valence-electron chi connectivity index (χ0n) is 20.2. The van der Waals surface area contributed by atoms with Crippen molar-refractivity contribution in [3.8, 4) is 22.9 Å². The van der Waals surface area contributed by atoms with Crippen LogP contribution >= 0.6 is 11.6 Å². The smallest absolute Gasteiger partial charge is 0.300 e. The van der Waals surface area contributed by atoms with Crippen molar-refractivity contribution in [1.29, 1.82) is 0 Å². The molecule has 4 aromatic heterocycles. The first-order valence-electron chi connectivity index (χ1n) is 12.4. The Morgan fingerprint density at radius 3 is 2.79 bits per heavy atom. The van der Waals surface area contributed by atoms with E-state index < -0.39 is 0 Å². The number of H-pyrrole nitrogens is 1. The lowest BCUT2D eigenvalue weighted by atomic mass is 10.1. The van der Waals surface area contributed by atoms with E-state index in [0.717, 1.165) is 48.3 Å². The Kier molecular flexibility index (Phi) is 5.67. The van der Waals surface area contributed by atoms with Crippen LogP contribution in [0.5, 0.6) is 11.6 Å². The van der Waals surface area contributed by atoms with Gasteiger partial charge >= 0.3 is 0 Å². The van der Waals surface area contributed by atoms with Gasteiger partial charge in [0.1, 0.15) is 23.2 Å². The summed E-state index contributed by atoms with van der Waals surface area (Å²) in [4.78, 5) is 16.7. The van der Waals surface area contributed by atoms with Crippen molar-refractivity contribution >= 4 is 45.4 Å². The van der Waals surface area contributed by atoms with E-state index in [2.05, 4.69) is 46.5 Å². The van der Waals surface area contributed by atoms with Crippen molar-refractivity contribution < 1.29 is 9.15 Å². The molecule has 1 fully saturated rings. The van der Waals surface area contributed by atoms with Crippen molar-refractivity contribution in [3.05, 3.63) is 72.3 Å². The van der Waals surface area contributed by atoms with Crippen LogP contribution in [-0.2, 0) is 0 Å². The molecule has 0 aliphatic carbocycles. The number of hydrogen-bond acceptors (Lipinski definition) is 8. The predicted octanol–water partition coefficient (Wildman–Crippen LogP) is 6.08. The van der Waals surface area contributed by atoms with E-state index in [1.54, 1.807) is 12.1 Å². The quantitative estimate of drug-likeness (QED) is 0.239. The van der Waals surface area contributed by atoms with Crippen LogP contribution in [0.25, 0.3) is 33.4 Å². The van der Waals surface area contributed by atoms with Gasteiger partial charge in [0.15, 0.2) is 5.58 Å². The molecule has 10 nitrogen and oxygen atoms in total. The molecule has 0 bridgehead atoms. The molecule has 1 aliphatic rings.